The van der Waals surface area contributed by atoms with Crippen molar-refractivity contribution in [3.05, 3.63) is 48.4 Å². The molecule has 3 aromatic rings. The van der Waals surface area contributed by atoms with Gasteiger partial charge in [0.15, 0.2) is 5.65 Å². The number of amides is 1. The number of aromatic nitrogens is 4. The van der Waals surface area contributed by atoms with E-state index in [4.69, 9.17) is 0 Å². The van der Waals surface area contributed by atoms with Gasteiger partial charge in [0.05, 0.1) is 6.20 Å². The summed E-state index contributed by atoms with van der Waals surface area (Å²) < 4.78 is 1.60. The average molecular weight is 336 g/mol. The molecule has 4 heterocycles. The van der Waals surface area contributed by atoms with Gasteiger partial charge in [-0.3, -0.25) is 4.79 Å². The lowest BCUT2D eigenvalue weighted by molar-refractivity contribution is 0.102. The van der Waals surface area contributed by atoms with Crippen LogP contribution in [0.4, 0.5) is 11.6 Å². The van der Waals surface area contributed by atoms with Gasteiger partial charge in [0.1, 0.15) is 11.6 Å². The Morgan fingerprint density at radius 2 is 2.08 bits per heavy atom. The Kier molecular flexibility index (Phi) is 4.05. The van der Waals surface area contributed by atoms with Crippen molar-refractivity contribution in [2.45, 2.75) is 19.8 Å². The highest BCUT2D eigenvalue weighted by molar-refractivity contribution is 6.04. The fourth-order valence-electron chi connectivity index (χ4n) is 3.25. The van der Waals surface area contributed by atoms with Crippen LogP contribution < -0.4 is 10.2 Å². The number of carbonyl (C=O) groups excluding carboxylic acids is 1. The largest absolute Gasteiger partial charge is 0.356 e. The number of fused-ring (bicyclic) bond motifs is 1. The summed E-state index contributed by atoms with van der Waals surface area (Å²) >= 11 is 0. The van der Waals surface area contributed by atoms with Gasteiger partial charge in [-0.25, -0.2) is 9.97 Å². The Balaban J connectivity index is 1.56. The molecule has 1 saturated heterocycles. The van der Waals surface area contributed by atoms with Crippen molar-refractivity contribution >= 4 is 23.2 Å². The lowest BCUT2D eigenvalue weighted by atomic mass is 10.0. The number of nitrogens with zero attached hydrogens (tertiary/aromatic N) is 5. The molecule has 0 saturated carbocycles. The highest BCUT2D eigenvalue weighted by Gasteiger charge is 2.19. The third-order valence-electron chi connectivity index (χ3n) is 4.52. The summed E-state index contributed by atoms with van der Waals surface area (Å²) in [6.07, 6.45) is 7.41. The van der Waals surface area contributed by atoms with E-state index < -0.39 is 0 Å². The maximum Gasteiger partial charge on any atom is 0.257 e. The van der Waals surface area contributed by atoms with Crippen LogP contribution in [0, 0.1) is 5.92 Å². The number of carbonyl (C=O) groups is 1. The lowest BCUT2D eigenvalue weighted by Gasteiger charge is -2.31. The van der Waals surface area contributed by atoms with E-state index in [9.17, 15) is 4.79 Å². The molecule has 1 atom stereocenters. The molecule has 0 radical (unpaired) electrons. The van der Waals surface area contributed by atoms with Crippen LogP contribution in [0.25, 0.3) is 5.65 Å². The number of rotatable bonds is 3. The molecule has 1 amide bonds. The summed E-state index contributed by atoms with van der Waals surface area (Å²) in [5, 5.41) is 7.09. The van der Waals surface area contributed by atoms with E-state index >= 15 is 0 Å². The van der Waals surface area contributed by atoms with Gasteiger partial charge in [-0.15, -0.1) is 0 Å². The SMILES string of the molecule is CC1CCCN(c2cc(C(=O)Nc3ccnc4ccnn34)ccn2)C1. The molecule has 7 nitrogen and oxygen atoms in total. The van der Waals surface area contributed by atoms with Crippen molar-refractivity contribution in [1.82, 2.24) is 19.6 Å². The van der Waals surface area contributed by atoms with Crippen LogP contribution in [0.2, 0.25) is 0 Å². The molecular weight excluding hydrogens is 316 g/mol. The Morgan fingerprint density at radius 1 is 1.20 bits per heavy atom. The monoisotopic (exact) mass is 336 g/mol. The van der Waals surface area contributed by atoms with Crippen molar-refractivity contribution in [2.75, 3.05) is 23.3 Å². The van der Waals surface area contributed by atoms with Crippen LogP contribution in [-0.2, 0) is 0 Å². The minimum absolute atomic E-state index is 0.184. The maximum atomic E-state index is 12.7. The summed E-state index contributed by atoms with van der Waals surface area (Å²) in [6, 6.07) is 7.10. The summed E-state index contributed by atoms with van der Waals surface area (Å²) in [6.45, 7) is 4.22. The van der Waals surface area contributed by atoms with Crippen molar-refractivity contribution in [3.8, 4) is 0 Å². The van der Waals surface area contributed by atoms with E-state index in [1.807, 2.05) is 6.07 Å². The van der Waals surface area contributed by atoms with Gasteiger partial charge in [-0.05, 0) is 37.0 Å². The summed E-state index contributed by atoms with van der Waals surface area (Å²) in [4.78, 5) is 23.6. The van der Waals surface area contributed by atoms with E-state index in [2.05, 4.69) is 32.2 Å². The van der Waals surface area contributed by atoms with Crippen molar-refractivity contribution < 1.29 is 4.79 Å². The second-order valence-electron chi connectivity index (χ2n) is 6.48. The zero-order valence-electron chi connectivity index (χ0n) is 14.1. The third kappa shape index (κ3) is 3.17. The first-order valence-corrected chi connectivity index (χ1v) is 8.52. The topological polar surface area (TPSA) is 75.4 Å². The van der Waals surface area contributed by atoms with Crippen LogP contribution in [0.3, 0.4) is 0 Å². The van der Waals surface area contributed by atoms with Crippen molar-refractivity contribution in [3.63, 3.8) is 0 Å². The molecule has 4 rings (SSSR count). The van der Waals surface area contributed by atoms with Gasteiger partial charge in [0.2, 0.25) is 0 Å². The standard InChI is InChI=1S/C18H20N6O/c1-13-3-2-10-23(12-13)17-11-14(4-7-20-17)18(25)22-16-5-8-19-15-6-9-21-24(15)16/h4-9,11,13H,2-3,10,12H2,1H3,(H,22,25). The molecule has 0 aromatic carbocycles. The lowest BCUT2D eigenvalue weighted by Crippen LogP contribution is -2.34. The molecule has 1 aliphatic rings. The molecule has 0 aliphatic carbocycles. The molecule has 0 spiro atoms. The molecule has 0 bridgehead atoms. The van der Waals surface area contributed by atoms with Gasteiger partial charge >= 0.3 is 0 Å². The Labute approximate surface area is 145 Å². The molecule has 1 N–H and O–H groups in total. The van der Waals surface area contributed by atoms with Gasteiger partial charge in [0, 0.05) is 37.1 Å². The van der Waals surface area contributed by atoms with Crippen LogP contribution in [-0.4, -0.2) is 38.6 Å². The smallest absolute Gasteiger partial charge is 0.257 e. The molecule has 7 heteroatoms. The van der Waals surface area contributed by atoms with Crippen LogP contribution in [0.15, 0.2) is 42.9 Å². The van der Waals surface area contributed by atoms with Gasteiger partial charge in [-0.1, -0.05) is 6.92 Å². The van der Waals surface area contributed by atoms with Crippen molar-refractivity contribution in [1.29, 1.82) is 0 Å². The van der Waals surface area contributed by atoms with Gasteiger partial charge in [0.25, 0.3) is 5.91 Å². The van der Waals surface area contributed by atoms with E-state index in [1.54, 1.807) is 41.3 Å². The maximum absolute atomic E-state index is 12.7. The number of hydrogen-bond donors (Lipinski definition) is 1. The van der Waals surface area contributed by atoms with Gasteiger partial charge < -0.3 is 10.2 Å². The van der Waals surface area contributed by atoms with Gasteiger partial charge in [-0.2, -0.15) is 9.61 Å². The number of pyridine rings is 1. The highest BCUT2D eigenvalue weighted by atomic mass is 16.1. The predicted octanol–water partition coefficient (Wildman–Crippen LogP) is 2.61. The number of hydrogen-bond acceptors (Lipinski definition) is 5. The predicted molar refractivity (Wildman–Crippen MR) is 95.8 cm³/mol. The summed E-state index contributed by atoms with van der Waals surface area (Å²) in [5.41, 5.74) is 1.27. The van der Waals surface area contributed by atoms with E-state index in [0.29, 0.717) is 22.9 Å². The van der Waals surface area contributed by atoms with Crippen LogP contribution in [0.5, 0.6) is 0 Å². The summed E-state index contributed by atoms with van der Waals surface area (Å²) in [7, 11) is 0. The molecular formula is C18H20N6O. The molecule has 1 aliphatic heterocycles. The fourth-order valence-corrected chi connectivity index (χ4v) is 3.25. The second-order valence-corrected chi connectivity index (χ2v) is 6.48. The Hall–Kier alpha value is -2.96. The second kappa shape index (κ2) is 6.51. The molecule has 25 heavy (non-hydrogen) atoms. The van der Waals surface area contributed by atoms with Crippen LogP contribution in [0.1, 0.15) is 30.1 Å². The fraction of sp³-hybridized carbons (Fsp3) is 0.333. The first-order chi connectivity index (χ1) is 12.2. The molecule has 3 aromatic heterocycles. The Bertz CT molecular complexity index is 905. The number of anilines is 2. The quantitative estimate of drug-likeness (QED) is 0.796. The number of piperidine rings is 1. The minimum atomic E-state index is -0.184. The van der Waals surface area contributed by atoms with E-state index in [1.165, 1.54) is 6.42 Å². The zero-order chi connectivity index (χ0) is 17.2. The average Bonchev–Trinajstić information content (AvgIpc) is 3.12. The zero-order valence-corrected chi connectivity index (χ0v) is 14.1. The first-order valence-electron chi connectivity index (χ1n) is 8.52. The van der Waals surface area contributed by atoms with E-state index in [0.717, 1.165) is 25.3 Å². The Morgan fingerprint density at radius 3 is 2.96 bits per heavy atom. The normalized spacial score (nSPS) is 17.6. The highest BCUT2D eigenvalue weighted by Crippen LogP contribution is 2.22. The third-order valence-corrected chi connectivity index (χ3v) is 4.52. The molecule has 1 unspecified atom stereocenters. The molecule has 1 fully saturated rings. The minimum Gasteiger partial charge on any atom is -0.356 e. The molecule has 128 valence electrons. The first kappa shape index (κ1) is 15.6. The number of nitrogens with one attached hydrogen (secondary N) is 1. The van der Waals surface area contributed by atoms with Crippen LogP contribution >= 0.6 is 0 Å². The van der Waals surface area contributed by atoms with E-state index in [-0.39, 0.29) is 5.91 Å². The summed E-state index contributed by atoms with van der Waals surface area (Å²) in [5.74, 6) is 1.91. The van der Waals surface area contributed by atoms with Crippen molar-refractivity contribution in [2.24, 2.45) is 5.92 Å².